The van der Waals surface area contributed by atoms with Gasteiger partial charge in [0.15, 0.2) is 0 Å². The van der Waals surface area contributed by atoms with E-state index in [9.17, 15) is 14.0 Å². The van der Waals surface area contributed by atoms with Gasteiger partial charge in [0.05, 0.1) is 18.9 Å². The van der Waals surface area contributed by atoms with Gasteiger partial charge in [-0.2, -0.15) is 0 Å². The number of carbonyl (C=O) groups is 2. The zero-order valence-electron chi connectivity index (χ0n) is 13.4. The molecule has 1 atom stereocenters. The summed E-state index contributed by atoms with van der Waals surface area (Å²) in [6.45, 7) is 0.150. The standard InChI is InChI=1S/C18H15BrFNO3S/c1-24-15-7-4-13(19)8-12(15)9-16-17(22)21(18(23)25-16)10-11-2-5-14(20)6-3-11/h2-8,16H,9-10H2,1H3/t16-/m0/s1. The zero-order valence-corrected chi connectivity index (χ0v) is 15.8. The SMILES string of the molecule is COc1ccc(Br)cc1C[C@@H]1SC(=O)N(Cc2ccc(F)cc2)C1=O. The van der Waals surface area contributed by atoms with E-state index in [4.69, 9.17) is 4.74 Å². The number of methoxy groups -OCH3 is 1. The van der Waals surface area contributed by atoms with Gasteiger partial charge in [-0.15, -0.1) is 0 Å². The summed E-state index contributed by atoms with van der Waals surface area (Å²) in [5, 5.41) is -0.774. The lowest BCUT2D eigenvalue weighted by Gasteiger charge is -2.15. The van der Waals surface area contributed by atoms with Crippen molar-refractivity contribution in [2.24, 2.45) is 0 Å². The fourth-order valence-corrected chi connectivity index (χ4v) is 4.07. The van der Waals surface area contributed by atoms with Crippen LogP contribution in [0.3, 0.4) is 0 Å². The lowest BCUT2D eigenvalue weighted by Crippen LogP contribution is -2.31. The van der Waals surface area contributed by atoms with E-state index in [1.165, 1.54) is 17.0 Å². The molecule has 2 aromatic rings. The Hall–Kier alpha value is -1.86. The monoisotopic (exact) mass is 423 g/mol. The molecule has 0 unspecified atom stereocenters. The average molecular weight is 424 g/mol. The summed E-state index contributed by atoms with van der Waals surface area (Å²) in [5.41, 5.74) is 1.57. The summed E-state index contributed by atoms with van der Waals surface area (Å²) >= 11 is 4.43. The number of nitrogens with zero attached hydrogens (tertiary/aromatic N) is 1. The van der Waals surface area contributed by atoms with Gasteiger partial charge in [-0.1, -0.05) is 39.8 Å². The highest BCUT2D eigenvalue weighted by Crippen LogP contribution is 2.33. The first kappa shape index (κ1) is 17.9. The van der Waals surface area contributed by atoms with Crippen LogP contribution < -0.4 is 4.74 Å². The van der Waals surface area contributed by atoms with Gasteiger partial charge in [0, 0.05) is 4.47 Å². The molecule has 25 heavy (non-hydrogen) atoms. The Balaban J connectivity index is 1.75. The normalized spacial score (nSPS) is 17.2. The molecule has 1 aliphatic heterocycles. The molecule has 0 saturated carbocycles. The molecule has 0 spiro atoms. The summed E-state index contributed by atoms with van der Waals surface area (Å²) in [7, 11) is 1.57. The lowest BCUT2D eigenvalue weighted by atomic mass is 10.1. The molecule has 0 N–H and O–H groups in total. The Morgan fingerprint density at radius 3 is 2.60 bits per heavy atom. The molecule has 1 heterocycles. The molecule has 0 bridgehead atoms. The second-order valence-electron chi connectivity index (χ2n) is 5.58. The van der Waals surface area contributed by atoms with Crippen LogP contribution in [0.5, 0.6) is 5.75 Å². The molecule has 130 valence electrons. The number of ether oxygens (including phenoxy) is 1. The maximum absolute atomic E-state index is 13.0. The topological polar surface area (TPSA) is 46.6 Å². The van der Waals surface area contributed by atoms with E-state index in [1.54, 1.807) is 19.2 Å². The third-order valence-electron chi connectivity index (χ3n) is 3.91. The number of thioether (sulfide) groups is 1. The van der Waals surface area contributed by atoms with Crippen molar-refractivity contribution in [3.63, 3.8) is 0 Å². The molecule has 0 aromatic heterocycles. The maximum Gasteiger partial charge on any atom is 0.289 e. The van der Waals surface area contributed by atoms with Crippen molar-refractivity contribution in [2.45, 2.75) is 18.2 Å². The van der Waals surface area contributed by atoms with E-state index >= 15 is 0 Å². The van der Waals surface area contributed by atoms with E-state index in [1.807, 2.05) is 18.2 Å². The van der Waals surface area contributed by atoms with Crippen molar-refractivity contribution in [2.75, 3.05) is 7.11 Å². The first-order valence-corrected chi connectivity index (χ1v) is 9.24. The van der Waals surface area contributed by atoms with E-state index in [-0.39, 0.29) is 23.5 Å². The summed E-state index contributed by atoms with van der Waals surface area (Å²) in [4.78, 5) is 26.1. The van der Waals surface area contributed by atoms with Crippen LogP contribution in [-0.2, 0) is 17.8 Å². The molecule has 4 nitrogen and oxygen atoms in total. The van der Waals surface area contributed by atoms with Crippen molar-refractivity contribution in [1.82, 2.24) is 4.90 Å². The van der Waals surface area contributed by atoms with Crippen LogP contribution in [0.2, 0.25) is 0 Å². The van der Waals surface area contributed by atoms with Gasteiger partial charge in [-0.25, -0.2) is 4.39 Å². The Morgan fingerprint density at radius 2 is 1.92 bits per heavy atom. The molecule has 1 saturated heterocycles. The Labute approximate surface area is 157 Å². The van der Waals surface area contributed by atoms with Crippen molar-refractivity contribution < 1.29 is 18.7 Å². The van der Waals surface area contributed by atoms with E-state index in [0.717, 1.165) is 21.8 Å². The third-order valence-corrected chi connectivity index (χ3v) is 5.47. The minimum Gasteiger partial charge on any atom is -0.496 e. The fourth-order valence-electron chi connectivity index (χ4n) is 2.65. The Kier molecular flexibility index (Phi) is 5.44. The van der Waals surface area contributed by atoms with Gasteiger partial charge in [-0.05, 0) is 47.9 Å². The molecule has 7 heteroatoms. The van der Waals surface area contributed by atoms with Crippen LogP contribution in [0.25, 0.3) is 0 Å². The molecule has 1 fully saturated rings. The first-order valence-electron chi connectivity index (χ1n) is 7.57. The van der Waals surface area contributed by atoms with Gasteiger partial charge in [-0.3, -0.25) is 14.5 Å². The highest BCUT2D eigenvalue weighted by Gasteiger charge is 2.39. The minimum absolute atomic E-state index is 0.150. The molecule has 1 aliphatic rings. The first-order chi connectivity index (χ1) is 12.0. The molecule has 2 amide bonds. The fraction of sp³-hybridized carbons (Fsp3) is 0.222. The van der Waals surface area contributed by atoms with Crippen LogP contribution >= 0.6 is 27.7 Å². The van der Waals surface area contributed by atoms with Crippen molar-refractivity contribution >= 4 is 38.8 Å². The van der Waals surface area contributed by atoms with Crippen LogP contribution in [0.15, 0.2) is 46.9 Å². The Bertz CT molecular complexity index is 812. The van der Waals surface area contributed by atoms with Crippen molar-refractivity contribution in [3.05, 3.63) is 63.9 Å². The smallest absolute Gasteiger partial charge is 0.289 e. The number of hydrogen-bond acceptors (Lipinski definition) is 4. The summed E-state index contributed by atoms with van der Waals surface area (Å²) in [6, 6.07) is 11.4. The highest BCUT2D eigenvalue weighted by molar-refractivity contribution is 9.10. The van der Waals surface area contributed by atoms with Crippen molar-refractivity contribution in [1.29, 1.82) is 0 Å². The average Bonchev–Trinajstić information content (AvgIpc) is 2.84. The molecular weight excluding hydrogens is 409 g/mol. The predicted octanol–water partition coefficient (Wildman–Crippen LogP) is 4.40. The summed E-state index contributed by atoms with van der Waals surface area (Å²) < 4.78 is 19.2. The van der Waals surface area contributed by atoms with Gasteiger partial charge in [0.25, 0.3) is 5.24 Å². The minimum atomic E-state index is -0.490. The summed E-state index contributed by atoms with van der Waals surface area (Å²) in [6.07, 6.45) is 0.401. The molecule has 0 radical (unpaired) electrons. The summed E-state index contributed by atoms with van der Waals surface area (Å²) in [5.74, 6) is 0.0965. The predicted molar refractivity (Wildman–Crippen MR) is 98.1 cm³/mol. The van der Waals surface area contributed by atoms with Crippen LogP contribution in [0.4, 0.5) is 9.18 Å². The molecular formula is C18H15BrFNO3S. The number of carbonyl (C=O) groups excluding carboxylic acids is 2. The zero-order chi connectivity index (χ0) is 18.0. The third kappa shape index (κ3) is 4.04. The number of halogens is 2. The lowest BCUT2D eigenvalue weighted by molar-refractivity contribution is -0.127. The second kappa shape index (κ2) is 7.58. The largest absolute Gasteiger partial charge is 0.496 e. The maximum atomic E-state index is 13.0. The van der Waals surface area contributed by atoms with Crippen LogP contribution in [0.1, 0.15) is 11.1 Å². The number of amides is 2. The number of benzene rings is 2. The van der Waals surface area contributed by atoms with Crippen molar-refractivity contribution in [3.8, 4) is 5.75 Å². The molecule has 2 aromatic carbocycles. The van der Waals surface area contributed by atoms with E-state index < -0.39 is 5.25 Å². The second-order valence-corrected chi connectivity index (χ2v) is 7.65. The van der Waals surface area contributed by atoms with E-state index in [2.05, 4.69) is 15.9 Å². The van der Waals surface area contributed by atoms with Gasteiger partial charge in [0.2, 0.25) is 5.91 Å². The highest BCUT2D eigenvalue weighted by atomic mass is 79.9. The molecule has 0 aliphatic carbocycles. The van der Waals surface area contributed by atoms with Crippen LogP contribution in [0, 0.1) is 5.82 Å². The number of imide groups is 1. The van der Waals surface area contributed by atoms with Gasteiger partial charge < -0.3 is 4.74 Å². The Morgan fingerprint density at radius 1 is 1.20 bits per heavy atom. The van der Waals surface area contributed by atoms with Gasteiger partial charge >= 0.3 is 0 Å². The van der Waals surface area contributed by atoms with Gasteiger partial charge in [0.1, 0.15) is 11.6 Å². The quantitative estimate of drug-likeness (QED) is 0.714. The number of hydrogen-bond donors (Lipinski definition) is 0. The van der Waals surface area contributed by atoms with E-state index in [0.29, 0.717) is 17.7 Å². The molecule has 3 rings (SSSR count). The number of rotatable bonds is 5. The van der Waals surface area contributed by atoms with Crippen LogP contribution in [-0.4, -0.2) is 28.4 Å².